The monoisotopic (exact) mass is 429 g/mol. The summed E-state index contributed by atoms with van der Waals surface area (Å²) in [6.45, 7) is 4.41. The topological polar surface area (TPSA) is 72.3 Å². The van der Waals surface area contributed by atoms with Crippen molar-refractivity contribution in [3.05, 3.63) is 72.3 Å². The van der Waals surface area contributed by atoms with Crippen molar-refractivity contribution < 1.29 is 9.53 Å². The molecule has 1 amide bonds. The standard InChI is InChI=1S/C25H27N5O2/c31-25(28-22-4-1-19(2-5-22)17-29-11-13-32-14-12-29)8-3-20-15-26-10-9-24(20)21-16-27-30(18-21)23-6-7-23/h1-5,8-10,15-16,18,23H,6-7,11-14,17H2,(H,28,31). The summed E-state index contributed by atoms with van der Waals surface area (Å²) in [7, 11) is 0. The molecule has 164 valence electrons. The fraction of sp³-hybridized carbons (Fsp3) is 0.320. The summed E-state index contributed by atoms with van der Waals surface area (Å²) >= 11 is 0. The lowest BCUT2D eigenvalue weighted by Gasteiger charge is -2.26. The minimum Gasteiger partial charge on any atom is -0.379 e. The van der Waals surface area contributed by atoms with E-state index in [1.807, 2.05) is 29.1 Å². The summed E-state index contributed by atoms with van der Waals surface area (Å²) in [5.41, 5.74) is 4.95. The predicted molar refractivity (Wildman–Crippen MR) is 124 cm³/mol. The smallest absolute Gasteiger partial charge is 0.248 e. The van der Waals surface area contributed by atoms with E-state index in [-0.39, 0.29) is 5.91 Å². The predicted octanol–water partition coefficient (Wildman–Crippen LogP) is 3.76. The number of morpholine rings is 1. The van der Waals surface area contributed by atoms with Crippen LogP contribution in [-0.4, -0.2) is 51.9 Å². The number of amides is 1. The number of ether oxygens (including phenoxy) is 1. The molecule has 32 heavy (non-hydrogen) atoms. The van der Waals surface area contributed by atoms with Crippen molar-refractivity contribution in [3.63, 3.8) is 0 Å². The maximum atomic E-state index is 12.5. The molecule has 1 saturated heterocycles. The van der Waals surface area contributed by atoms with E-state index in [0.29, 0.717) is 6.04 Å². The Balaban J connectivity index is 1.21. The van der Waals surface area contributed by atoms with Gasteiger partial charge in [-0.15, -0.1) is 0 Å². The molecule has 1 aliphatic carbocycles. The van der Waals surface area contributed by atoms with Crippen LogP contribution < -0.4 is 5.32 Å². The zero-order chi connectivity index (χ0) is 21.8. The van der Waals surface area contributed by atoms with Crippen LogP contribution in [0.15, 0.2) is 61.2 Å². The number of rotatable bonds is 7. The number of nitrogens with zero attached hydrogens (tertiary/aromatic N) is 4. The fourth-order valence-corrected chi connectivity index (χ4v) is 3.88. The summed E-state index contributed by atoms with van der Waals surface area (Å²) < 4.78 is 7.42. The van der Waals surface area contributed by atoms with Gasteiger partial charge >= 0.3 is 0 Å². The molecule has 0 spiro atoms. The maximum absolute atomic E-state index is 12.5. The van der Waals surface area contributed by atoms with Gasteiger partial charge in [0.05, 0.1) is 25.5 Å². The van der Waals surface area contributed by atoms with Gasteiger partial charge in [-0.2, -0.15) is 5.10 Å². The Hall–Kier alpha value is -3.29. The zero-order valence-corrected chi connectivity index (χ0v) is 18.0. The van der Waals surface area contributed by atoms with Crippen molar-refractivity contribution in [2.75, 3.05) is 31.6 Å². The third-order valence-corrected chi connectivity index (χ3v) is 5.83. The Kier molecular flexibility index (Phi) is 6.09. The molecule has 2 fully saturated rings. The summed E-state index contributed by atoms with van der Waals surface area (Å²) in [5, 5.41) is 7.41. The minimum absolute atomic E-state index is 0.172. The van der Waals surface area contributed by atoms with Crippen molar-refractivity contribution >= 4 is 17.7 Å². The molecule has 7 heteroatoms. The van der Waals surface area contributed by atoms with Crippen molar-refractivity contribution in [2.24, 2.45) is 0 Å². The van der Waals surface area contributed by atoms with E-state index >= 15 is 0 Å². The molecule has 1 aliphatic heterocycles. The molecule has 0 atom stereocenters. The highest BCUT2D eigenvalue weighted by atomic mass is 16.5. The molecule has 7 nitrogen and oxygen atoms in total. The summed E-state index contributed by atoms with van der Waals surface area (Å²) in [4.78, 5) is 19.1. The average Bonchev–Trinajstić information content (AvgIpc) is 3.56. The van der Waals surface area contributed by atoms with Crippen LogP contribution in [0.3, 0.4) is 0 Å². The van der Waals surface area contributed by atoms with Gasteiger partial charge in [0.15, 0.2) is 0 Å². The highest BCUT2D eigenvalue weighted by Gasteiger charge is 2.24. The number of carbonyl (C=O) groups is 1. The number of hydrogen-bond donors (Lipinski definition) is 1. The van der Waals surface area contributed by atoms with Crippen LogP contribution in [0.25, 0.3) is 17.2 Å². The molecule has 0 bridgehead atoms. The highest BCUT2D eigenvalue weighted by molar-refractivity contribution is 6.02. The first-order chi connectivity index (χ1) is 15.7. The maximum Gasteiger partial charge on any atom is 0.248 e. The fourth-order valence-electron chi connectivity index (χ4n) is 3.88. The molecule has 1 saturated carbocycles. The van der Waals surface area contributed by atoms with Crippen molar-refractivity contribution in [1.82, 2.24) is 19.7 Å². The highest BCUT2D eigenvalue weighted by Crippen LogP contribution is 2.35. The van der Waals surface area contributed by atoms with Crippen LogP contribution in [0.4, 0.5) is 5.69 Å². The third-order valence-electron chi connectivity index (χ3n) is 5.83. The van der Waals surface area contributed by atoms with Gasteiger partial charge in [-0.25, -0.2) is 0 Å². The van der Waals surface area contributed by atoms with Crippen LogP contribution in [0.2, 0.25) is 0 Å². The molecular weight excluding hydrogens is 402 g/mol. The van der Waals surface area contributed by atoms with E-state index in [1.54, 1.807) is 24.5 Å². The van der Waals surface area contributed by atoms with Gasteiger partial charge in [-0.05, 0) is 48.2 Å². The molecule has 5 rings (SSSR count). The van der Waals surface area contributed by atoms with Gasteiger partial charge in [0, 0.05) is 61.1 Å². The number of benzene rings is 1. The largest absolute Gasteiger partial charge is 0.379 e. The van der Waals surface area contributed by atoms with E-state index in [1.165, 1.54) is 18.4 Å². The lowest BCUT2D eigenvalue weighted by Crippen LogP contribution is -2.35. The second kappa shape index (κ2) is 9.46. The van der Waals surface area contributed by atoms with Crippen LogP contribution in [0.5, 0.6) is 0 Å². The lowest BCUT2D eigenvalue weighted by molar-refractivity contribution is -0.111. The zero-order valence-electron chi connectivity index (χ0n) is 18.0. The summed E-state index contributed by atoms with van der Waals surface area (Å²) in [6, 6.07) is 10.5. The minimum atomic E-state index is -0.172. The molecule has 1 N–H and O–H groups in total. The van der Waals surface area contributed by atoms with E-state index in [0.717, 1.165) is 55.2 Å². The molecule has 3 aromatic rings. The van der Waals surface area contributed by atoms with Crippen LogP contribution in [0.1, 0.15) is 30.0 Å². The first-order valence-corrected chi connectivity index (χ1v) is 11.1. The second-order valence-electron chi connectivity index (χ2n) is 8.31. The van der Waals surface area contributed by atoms with E-state index < -0.39 is 0 Å². The average molecular weight is 430 g/mol. The van der Waals surface area contributed by atoms with E-state index in [9.17, 15) is 4.79 Å². The molecular formula is C25H27N5O2. The quantitative estimate of drug-likeness (QED) is 0.579. The third kappa shape index (κ3) is 5.12. The van der Waals surface area contributed by atoms with Gasteiger partial charge in [-0.3, -0.25) is 19.4 Å². The van der Waals surface area contributed by atoms with Crippen LogP contribution >= 0.6 is 0 Å². The second-order valence-corrected chi connectivity index (χ2v) is 8.31. The number of nitrogens with one attached hydrogen (secondary N) is 1. The lowest BCUT2D eigenvalue weighted by atomic mass is 10.0. The number of hydrogen-bond acceptors (Lipinski definition) is 5. The van der Waals surface area contributed by atoms with Crippen LogP contribution in [-0.2, 0) is 16.1 Å². The van der Waals surface area contributed by atoms with Crippen molar-refractivity contribution in [1.29, 1.82) is 0 Å². The summed E-state index contributed by atoms with van der Waals surface area (Å²) in [6.07, 6.45) is 13.2. The van der Waals surface area contributed by atoms with Crippen molar-refractivity contribution in [2.45, 2.75) is 25.4 Å². The molecule has 0 radical (unpaired) electrons. The molecule has 2 aromatic heterocycles. The van der Waals surface area contributed by atoms with Gasteiger partial charge in [0.2, 0.25) is 5.91 Å². The Bertz CT molecular complexity index is 1100. The van der Waals surface area contributed by atoms with Gasteiger partial charge in [-0.1, -0.05) is 12.1 Å². The SMILES string of the molecule is O=C(C=Cc1cnccc1-c1cnn(C2CC2)c1)Nc1ccc(CN2CCOCC2)cc1. The normalized spacial score (nSPS) is 17.0. The van der Waals surface area contributed by atoms with E-state index in [2.05, 4.69) is 38.6 Å². The molecule has 0 unspecified atom stereocenters. The molecule has 3 heterocycles. The number of anilines is 1. The molecule has 2 aliphatic rings. The number of aromatic nitrogens is 3. The van der Waals surface area contributed by atoms with Crippen molar-refractivity contribution in [3.8, 4) is 11.1 Å². The Morgan fingerprint density at radius 3 is 2.72 bits per heavy atom. The first-order valence-electron chi connectivity index (χ1n) is 11.1. The summed E-state index contributed by atoms with van der Waals surface area (Å²) in [5.74, 6) is -0.172. The van der Waals surface area contributed by atoms with Gasteiger partial charge < -0.3 is 10.1 Å². The molecule has 1 aromatic carbocycles. The number of pyridine rings is 1. The van der Waals surface area contributed by atoms with Crippen LogP contribution in [0, 0.1) is 0 Å². The Morgan fingerprint density at radius 2 is 1.94 bits per heavy atom. The van der Waals surface area contributed by atoms with E-state index in [4.69, 9.17) is 4.74 Å². The van der Waals surface area contributed by atoms with Gasteiger partial charge in [0.25, 0.3) is 0 Å². The van der Waals surface area contributed by atoms with Gasteiger partial charge in [0.1, 0.15) is 0 Å². The number of carbonyl (C=O) groups excluding carboxylic acids is 1. The first kappa shape index (κ1) is 20.6. The Labute approximate surface area is 187 Å². The Morgan fingerprint density at radius 1 is 1.12 bits per heavy atom.